The lowest BCUT2D eigenvalue weighted by molar-refractivity contribution is -0.0161. The van der Waals surface area contributed by atoms with E-state index in [2.05, 4.69) is 13.8 Å². The molecule has 2 nitrogen and oxygen atoms in total. The van der Waals surface area contributed by atoms with Gasteiger partial charge >= 0.3 is 0 Å². The van der Waals surface area contributed by atoms with Crippen molar-refractivity contribution >= 4 is 0 Å². The molecule has 0 unspecified atom stereocenters. The van der Waals surface area contributed by atoms with Gasteiger partial charge in [0, 0.05) is 12.0 Å². The summed E-state index contributed by atoms with van der Waals surface area (Å²) in [6, 6.07) is 0. The van der Waals surface area contributed by atoms with Crippen LogP contribution in [0.2, 0.25) is 0 Å². The van der Waals surface area contributed by atoms with Crippen LogP contribution in [0.25, 0.3) is 0 Å². The van der Waals surface area contributed by atoms with Crippen molar-refractivity contribution in [2.45, 2.75) is 58.0 Å². The van der Waals surface area contributed by atoms with Gasteiger partial charge in [0.05, 0.1) is 7.11 Å². The predicted octanol–water partition coefficient (Wildman–Crippen LogP) is 3.62. The zero-order valence-electron chi connectivity index (χ0n) is 10.1. The van der Waals surface area contributed by atoms with E-state index < -0.39 is 0 Å². The Morgan fingerprint density at radius 2 is 1.87 bits per heavy atom. The standard InChI is InChI=1S/C13H22O2/c1-13(2)9-11(12(14-3)15-13)10-7-5-4-6-8-10/h10H,4-9H2,1-3H3. The Bertz CT molecular complexity index is 260. The van der Waals surface area contributed by atoms with Crippen molar-refractivity contribution in [3.63, 3.8) is 0 Å². The van der Waals surface area contributed by atoms with Gasteiger partial charge in [-0.15, -0.1) is 0 Å². The SMILES string of the molecule is COC1=C(C2CCCCC2)CC(C)(C)O1. The summed E-state index contributed by atoms with van der Waals surface area (Å²) in [5, 5.41) is 0. The van der Waals surface area contributed by atoms with Crippen molar-refractivity contribution in [3.05, 3.63) is 11.5 Å². The first-order valence-electron chi connectivity index (χ1n) is 6.08. The van der Waals surface area contributed by atoms with Crippen LogP contribution < -0.4 is 0 Å². The molecule has 1 fully saturated rings. The molecule has 0 amide bonds. The first-order chi connectivity index (χ1) is 7.12. The van der Waals surface area contributed by atoms with Crippen LogP contribution in [0, 0.1) is 5.92 Å². The highest BCUT2D eigenvalue weighted by atomic mass is 16.7. The second kappa shape index (κ2) is 4.07. The Hall–Kier alpha value is -0.660. The van der Waals surface area contributed by atoms with Crippen molar-refractivity contribution in [3.8, 4) is 0 Å². The number of hydrogen-bond acceptors (Lipinski definition) is 2. The molecule has 0 aromatic heterocycles. The van der Waals surface area contributed by atoms with Gasteiger partial charge in [0.25, 0.3) is 5.95 Å². The number of hydrogen-bond donors (Lipinski definition) is 0. The van der Waals surface area contributed by atoms with Crippen molar-refractivity contribution in [1.29, 1.82) is 0 Å². The summed E-state index contributed by atoms with van der Waals surface area (Å²) in [4.78, 5) is 0. The molecule has 0 aromatic rings. The van der Waals surface area contributed by atoms with E-state index in [1.54, 1.807) is 7.11 Å². The lowest BCUT2D eigenvalue weighted by atomic mass is 9.81. The summed E-state index contributed by atoms with van der Waals surface area (Å²) >= 11 is 0. The van der Waals surface area contributed by atoms with Gasteiger partial charge in [-0.2, -0.15) is 0 Å². The monoisotopic (exact) mass is 210 g/mol. The lowest BCUT2D eigenvalue weighted by Crippen LogP contribution is -2.19. The maximum Gasteiger partial charge on any atom is 0.278 e. The van der Waals surface area contributed by atoms with Crippen LogP contribution >= 0.6 is 0 Å². The van der Waals surface area contributed by atoms with Gasteiger partial charge in [-0.25, -0.2) is 0 Å². The molecule has 0 aromatic carbocycles. The Kier molecular flexibility index (Phi) is 2.94. The van der Waals surface area contributed by atoms with E-state index in [4.69, 9.17) is 9.47 Å². The van der Waals surface area contributed by atoms with Gasteiger partial charge in [-0.3, -0.25) is 0 Å². The molecule has 2 heteroatoms. The summed E-state index contributed by atoms with van der Waals surface area (Å²) in [6.45, 7) is 4.28. The molecule has 0 N–H and O–H groups in total. The Morgan fingerprint density at radius 3 is 2.47 bits per heavy atom. The van der Waals surface area contributed by atoms with Crippen LogP contribution in [0.15, 0.2) is 11.5 Å². The summed E-state index contributed by atoms with van der Waals surface area (Å²) in [5.41, 5.74) is 1.38. The Morgan fingerprint density at radius 1 is 1.20 bits per heavy atom. The summed E-state index contributed by atoms with van der Waals surface area (Å²) in [5.74, 6) is 1.53. The third-order valence-electron chi connectivity index (χ3n) is 3.53. The minimum absolute atomic E-state index is 0.0574. The molecule has 0 spiro atoms. The summed E-state index contributed by atoms with van der Waals surface area (Å²) in [6.07, 6.45) is 7.82. The van der Waals surface area contributed by atoms with Crippen LogP contribution in [0.3, 0.4) is 0 Å². The summed E-state index contributed by atoms with van der Waals surface area (Å²) in [7, 11) is 1.72. The minimum atomic E-state index is -0.0574. The van der Waals surface area contributed by atoms with E-state index in [1.165, 1.54) is 37.7 Å². The first kappa shape index (κ1) is 10.8. The van der Waals surface area contributed by atoms with E-state index >= 15 is 0 Å². The van der Waals surface area contributed by atoms with E-state index in [0.717, 1.165) is 18.3 Å². The molecule has 0 saturated heterocycles. The van der Waals surface area contributed by atoms with E-state index in [0.29, 0.717) is 0 Å². The fraction of sp³-hybridized carbons (Fsp3) is 0.846. The fourth-order valence-electron chi connectivity index (χ4n) is 2.82. The third-order valence-corrected chi connectivity index (χ3v) is 3.53. The van der Waals surface area contributed by atoms with E-state index in [1.807, 2.05) is 0 Å². The fourth-order valence-corrected chi connectivity index (χ4v) is 2.82. The number of ether oxygens (including phenoxy) is 2. The number of methoxy groups -OCH3 is 1. The Labute approximate surface area is 92.6 Å². The van der Waals surface area contributed by atoms with Crippen LogP contribution in [-0.2, 0) is 9.47 Å². The molecule has 15 heavy (non-hydrogen) atoms. The smallest absolute Gasteiger partial charge is 0.278 e. The molecule has 1 aliphatic heterocycles. The third kappa shape index (κ3) is 2.30. The molecular weight excluding hydrogens is 188 g/mol. The van der Waals surface area contributed by atoms with Gasteiger partial charge in [-0.05, 0) is 32.6 Å². The predicted molar refractivity (Wildman–Crippen MR) is 60.4 cm³/mol. The molecule has 1 aliphatic carbocycles. The summed E-state index contributed by atoms with van der Waals surface area (Å²) < 4.78 is 11.2. The quantitative estimate of drug-likeness (QED) is 0.693. The van der Waals surface area contributed by atoms with Gasteiger partial charge in [0.15, 0.2) is 0 Å². The van der Waals surface area contributed by atoms with Crippen LogP contribution in [0.5, 0.6) is 0 Å². The molecular formula is C13H22O2. The van der Waals surface area contributed by atoms with Crippen molar-refractivity contribution in [2.75, 3.05) is 7.11 Å². The van der Waals surface area contributed by atoms with Crippen LogP contribution in [0.4, 0.5) is 0 Å². The molecule has 0 atom stereocenters. The van der Waals surface area contributed by atoms with Gasteiger partial charge in [0.2, 0.25) is 0 Å². The highest BCUT2D eigenvalue weighted by Crippen LogP contribution is 2.42. The van der Waals surface area contributed by atoms with E-state index in [9.17, 15) is 0 Å². The average molecular weight is 210 g/mol. The average Bonchev–Trinajstić information content (AvgIpc) is 2.55. The van der Waals surface area contributed by atoms with Crippen molar-refractivity contribution < 1.29 is 9.47 Å². The van der Waals surface area contributed by atoms with Gasteiger partial charge < -0.3 is 9.47 Å². The molecule has 86 valence electrons. The minimum Gasteiger partial charge on any atom is -0.469 e. The van der Waals surface area contributed by atoms with Crippen LogP contribution in [-0.4, -0.2) is 12.7 Å². The molecule has 1 heterocycles. The number of rotatable bonds is 2. The largest absolute Gasteiger partial charge is 0.469 e. The highest BCUT2D eigenvalue weighted by molar-refractivity contribution is 5.17. The van der Waals surface area contributed by atoms with E-state index in [-0.39, 0.29) is 5.60 Å². The van der Waals surface area contributed by atoms with Crippen molar-refractivity contribution in [1.82, 2.24) is 0 Å². The molecule has 2 rings (SSSR count). The zero-order valence-corrected chi connectivity index (χ0v) is 10.1. The maximum absolute atomic E-state index is 5.82. The molecule has 2 aliphatic rings. The topological polar surface area (TPSA) is 18.5 Å². The highest BCUT2D eigenvalue weighted by Gasteiger charge is 2.37. The normalized spacial score (nSPS) is 26.6. The van der Waals surface area contributed by atoms with Gasteiger partial charge in [0.1, 0.15) is 5.60 Å². The van der Waals surface area contributed by atoms with Crippen molar-refractivity contribution in [2.24, 2.45) is 5.92 Å². The molecule has 1 saturated carbocycles. The zero-order chi connectivity index (χ0) is 10.9. The van der Waals surface area contributed by atoms with Crippen LogP contribution in [0.1, 0.15) is 52.4 Å². The molecule has 0 radical (unpaired) electrons. The first-order valence-corrected chi connectivity index (χ1v) is 6.08. The second-order valence-corrected chi connectivity index (χ2v) is 5.39. The Balaban J connectivity index is 2.11. The second-order valence-electron chi connectivity index (χ2n) is 5.39. The lowest BCUT2D eigenvalue weighted by Gasteiger charge is -2.23. The molecule has 0 bridgehead atoms. The van der Waals surface area contributed by atoms with Gasteiger partial charge in [-0.1, -0.05) is 19.3 Å². The maximum atomic E-state index is 5.82.